The Labute approximate surface area is 151 Å². The predicted octanol–water partition coefficient (Wildman–Crippen LogP) is 5.31. The minimum Gasteiger partial charge on any atom is -0.309 e. The summed E-state index contributed by atoms with van der Waals surface area (Å²) >= 11 is 0. The fraction of sp³-hybridized carbons (Fsp3) is 0.130. The van der Waals surface area contributed by atoms with Crippen molar-refractivity contribution < 1.29 is 0 Å². The molecule has 4 heterocycles. The van der Waals surface area contributed by atoms with Crippen LogP contribution >= 0.6 is 0 Å². The molecule has 1 aliphatic rings. The summed E-state index contributed by atoms with van der Waals surface area (Å²) < 4.78 is 2.43. The third kappa shape index (κ3) is 1.50. The van der Waals surface area contributed by atoms with Crippen LogP contribution in [0.25, 0.3) is 39.0 Å². The lowest BCUT2D eigenvalue weighted by Crippen LogP contribution is -2.19. The highest BCUT2D eigenvalue weighted by atomic mass is 15.0. The van der Waals surface area contributed by atoms with E-state index in [-0.39, 0.29) is 5.41 Å². The highest BCUT2D eigenvalue weighted by Crippen LogP contribution is 2.51. The minimum atomic E-state index is -0.128. The first-order valence-corrected chi connectivity index (χ1v) is 8.95. The quantitative estimate of drug-likeness (QED) is 0.416. The van der Waals surface area contributed by atoms with Crippen LogP contribution in [0.5, 0.6) is 0 Å². The van der Waals surface area contributed by atoms with E-state index < -0.39 is 0 Å². The van der Waals surface area contributed by atoms with Crippen molar-refractivity contribution in [3.05, 3.63) is 77.9 Å². The van der Waals surface area contributed by atoms with Crippen LogP contribution in [-0.4, -0.2) is 14.4 Å². The molecule has 4 aromatic heterocycles. The number of nitrogens with zero attached hydrogens (tertiary/aromatic N) is 3. The van der Waals surface area contributed by atoms with Crippen molar-refractivity contribution in [3.63, 3.8) is 0 Å². The molecule has 1 aliphatic carbocycles. The summed E-state index contributed by atoms with van der Waals surface area (Å²) in [5.74, 6) is 0. The molecular formula is C23H17N3. The van der Waals surface area contributed by atoms with Crippen molar-refractivity contribution in [3.8, 4) is 0 Å². The van der Waals surface area contributed by atoms with Gasteiger partial charge in [-0.1, -0.05) is 38.1 Å². The first-order chi connectivity index (χ1) is 12.7. The molecule has 0 fully saturated rings. The van der Waals surface area contributed by atoms with Gasteiger partial charge in [0.15, 0.2) is 0 Å². The van der Waals surface area contributed by atoms with Crippen LogP contribution in [0.3, 0.4) is 0 Å². The first kappa shape index (κ1) is 14.0. The minimum absolute atomic E-state index is 0.128. The Morgan fingerprint density at radius 1 is 0.846 bits per heavy atom. The summed E-state index contributed by atoms with van der Waals surface area (Å²) in [6.07, 6.45) is 6.13. The molecule has 0 N–H and O–H groups in total. The molecule has 5 aromatic rings. The van der Waals surface area contributed by atoms with Gasteiger partial charge in [0.1, 0.15) is 0 Å². The van der Waals surface area contributed by atoms with E-state index in [1.54, 1.807) is 0 Å². The number of pyridine rings is 2. The van der Waals surface area contributed by atoms with Crippen molar-refractivity contribution >= 4 is 39.0 Å². The van der Waals surface area contributed by atoms with Crippen LogP contribution in [0.15, 0.2) is 60.9 Å². The highest BCUT2D eigenvalue weighted by Gasteiger charge is 2.39. The zero-order valence-corrected chi connectivity index (χ0v) is 14.7. The van der Waals surface area contributed by atoms with E-state index in [9.17, 15) is 0 Å². The van der Waals surface area contributed by atoms with E-state index >= 15 is 0 Å². The molecule has 0 saturated heterocycles. The molecule has 124 valence electrons. The fourth-order valence-electron chi connectivity index (χ4n) is 4.70. The smallest absolute Gasteiger partial charge is 0.0969 e. The molecule has 0 atom stereocenters. The fourth-order valence-corrected chi connectivity index (χ4v) is 4.70. The number of hydrogen-bond donors (Lipinski definition) is 0. The van der Waals surface area contributed by atoms with E-state index in [1.807, 2.05) is 18.5 Å². The second-order valence-corrected chi connectivity index (χ2v) is 7.57. The lowest BCUT2D eigenvalue weighted by atomic mass is 9.83. The van der Waals surface area contributed by atoms with Crippen LogP contribution in [0.4, 0.5) is 0 Å². The number of benzene rings is 1. The maximum atomic E-state index is 4.70. The Balaban J connectivity index is 1.80. The van der Waals surface area contributed by atoms with Gasteiger partial charge in [0, 0.05) is 39.8 Å². The molecule has 3 heteroatoms. The molecule has 0 bridgehead atoms. The van der Waals surface area contributed by atoms with Gasteiger partial charge in [-0.25, -0.2) is 0 Å². The first-order valence-electron chi connectivity index (χ1n) is 8.95. The lowest BCUT2D eigenvalue weighted by Gasteiger charge is -2.24. The van der Waals surface area contributed by atoms with E-state index in [4.69, 9.17) is 4.98 Å². The Morgan fingerprint density at radius 3 is 2.54 bits per heavy atom. The summed E-state index contributed by atoms with van der Waals surface area (Å²) in [5, 5.41) is 2.50. The van der Waals surface area contributed by atoms with Crippen LogP contribution in [0, 0.1) is 0 Å². The van der Waals surface area contributed by atoms with Gasteiger partial charge in [0.2, 0.25) is 0 Å². The normalized spacial score (nSPS) is 15.8. The van der Waals surface area contributed by atoms with Gasteiger partial charge in [0.05, 0.1) is 22.2 Å². The zero-order chi connectivity index (χ0) is 17.5. The number of hydrogen-bond acceptors (Lipinski definition) is 2. The largest absolute Gasteiger partial charge is 0.309 e. The van der Waals surface area contributed by atoms with Crippen LogP contribution in [0.1, 0.15) is 30.8 Å². The number of rotatable bonds is 1. The number of para-hydroxylation sites is 1. The molecular weight excluding hydrogens is 318 g/mol. The zero-order valence-electron chi connectivity index (χ0n) is 14.7. The summed E-state index contributed by atoms with van der Waals surface area (Å²) in [6, 6.07) is 16.9. The topological polar surface area (TPSA) is 30.2 Å². The summed E-state index contributed by atoms with van der Waals surface area (Å²) in [6.45, 7) is 4.60. The lowest BCUT2D eigenvalue weighted by molar-refractivity contribution is 0.670. The molecule has 3 nitrogen and oxygen atoms in total. The summed E-state index contributed by atoms with van der Waals surface area (Å²) in [4.78, 5) is 9.32. The van der Waals surface area contributed by atoms with Gasteiger partial charge >= 0.3 is 0 Å². The second kappa shape index (κ2) is 4.50. The molecule has 0 unspecified atom stereocenters. The number of fused-ring (bicyclic) bond motifs is 6. The summed E-state index contributed by atoms with van der Waals surface area (Å²) in [5.41, 5.74) is 8.41. The van der Waals surface area contributed by atoms with Gasteiger partial charge in [-0.05, 0) is 35.9 Å². The van der Waals surface area contributed by atoms with Crippen molar-refractivity contribution in [1.29, 1.82) is 0 Å². The Kier molecular flexibility index (Phi) is 2.42. The Morgan fingerprint density at radius 2 is 1.69 bits per heavy atom. The van der Waals surface area contributed by atoms with Crippen LogP contribution < -0.4 is 0 Å². The maximum Gasteiger partial charge on any atom is 0.0969 e. The van der Waals surface area contributed by atoms with Gasteiger partial charge in [-0.15, -0.1) is 0 Å². The standard InChI is InChI=1S/C23H17N3/c1-23(2)17(18-8-5-6-11-24-18)13-16-14-10-12-25-20-15-7-3-4-9-19(15)26(21(14)20)22(16)23/h3-13H,1-2H3. The van der Waals surface area contributed by atoms with Crippen LogP contribution in [0.2, 0.25) is 0 Å². The van der Waals surface area contributed by atoms with Gasteiger partial charge in [-0.3, -0.25) is 9.97 Å². The van der Waals surface area contributed by atoms with Crippen molar-refractivity contribution in [2.24, 2.45) is 0 Å². The van der Waals surface area contributed by atoms with E-state index in [0.29, 0.717) is 0 Å². The predicted molar refractivity (Wildman–Crippen MR) is 107 cm³/mol. The Hall–Kier alpha value is -3.20. The molecule has 0 spiro atoms. The average Bonchev–Trinajstić information content (AvgIpc) is 3.27. The monoisotopic (exact) mass is 335 g/mol. The maximum absolute atomic E-state index is 4.70. The molecule has 0 amide bonds. The van der Waals surface area contributed by atoms with Crippen molar-refractivity contribution in [1.82, 2.24) is 14.4 Å². The number of allylic oxidation sites excluding steroid dienone is 1. The van der Waals surface area contributed by atoms with E-state index in [1.165, 1.54) is 38.6 Å². The van der Waals surface area contributed by atoms with Crippen LogP contribution in [-0.2, 0) is 5.41 Å². The Bertz CT molecular complexity index is 1340. The third-order valence-electron chi connectivity index (χ3n) is 5.81. The second-order valence-electron chi connectivity index (χ2n) is 7.57. The molecule has 26 heavy (non-hydrogen) atoms. The third-order valence-corrected chi connectivity index (χ3v) is 5.81. The van der Waals surface area contributed by atoms with E-state index in [2.05, 4.69) is 71.8 Å². The van der Waals surface area contributed by atoms with Gasteiger partial charge in [-0.2, -0.15) is 0 Å². The molecule has 0 radical (unpaired) electrons. The SMILES string of the molecule is CC1(C)C(c2ccccn2)=Cc2c1n1c3ccccc3c3nccc2c31. The van der Waals surface area contributed by atoms with Crippen molar-refractivity contribution in [2.75, 3.05) is 0 Å². The molecule has 1 aromatic carbocycles. The van der Waals surface area contributed by atoms with E-state index in [0.717, 1.165) is 11.2 Å². The number of aromatic nitrogens is 3. The van der Waals surface area contributed by atoms with Gasteiger partial charge < -0.3 is 4.40 Å². The van der Waals surface area contributed by atoms with Gasteiger partial charge in [0.25, 0.3) is 0 Å². The highest BCUT2D eigenvalue weighted by molar-refractivity contribution is 6.17. The molecule has 0 aliphatic heterocycles. The van der Waals surface area contributed by atoms with Crippen molar-refractivity contribution in [2.45, 2.75) is 19.3 Å². The summed E-state index contributed by atoms with van der Waals surface area (Å²) in [7, 11) is 0. The molecule has 6 rings (SSSR count). The molecule has 0 saturated carbocycles. The average molecular weight is 335 g/mol.